The van der Waals surface area contributed by atoms with Crippen LogP contribution in [-0.4, -0.2) is 21.7 Å². The summed E-state index contributed by atoms with van der Waals surface area (Å²) in [4.78, 5) is 20.2. The number of carbonyl (C=O) groups is 1. The highest BCUT2D eigenvalue weighted by Crippen LogP contribution is 2.27. The van der Waals surface area contributed by atoms with E-state index in [0.717, 1.165) is 5.56 Å². The molecule has 6 nitrogen and oxygen atoms in total. The Morgan fingerprint density at radius 1 is 1.24 bits per heavy atom. The summed E-state index contributed by atoms with van der Waals surface area (Å²) in [5.74, 6) is 0.883. The van der Waals surface area contributed by atoms with Crippen molar-refractivity contribution in [3.05, 3.63) is 53.0 Å². The molecule has 0 saturated carbocycles. The third kappa shape index (κ3) is 4.48. The standard InChI is InChI=1S/C18H18ClN3O3/c1-18(2,3)25-17(23)22-15-14-13(20-16(19)21-15)10-12(24-14)9-11-7-5-4-6-8-11/h4-8,10H,9H2,1-3H3,(H,20,21,22,23). The third-order valence-corrected chi connectivity index (χ3v) is 3.40. The molecule has 0 bridgehead atoms. The Bertz CT molecular complexity index is 901. The molecule has 3 rings (SSSR count). The van der Waals surface area contributed by atoms with Crippen LogP contribution >= 0.6 is 11.6 Å². The summed E-state index contributed by atoms with van der Waals surface area (Å²) in [6.45, 7) is 5.33. The molecule has 0 spiro atoms. The minimum absolute atomic E-state index is 0.0191. The first-order valence-electron chi connectivity index (χ1n) is 7.80. The average Bonchev–Trinajstić information content (AvgIpc) is 2.88. The summed E-state index contributed by atoms with van der Waals surface area (Å²) in [5, 5.41) is 2.59. The largest absolute Gasteiger partial charge is 0.455 e. The van der Waals surface area contributed by atoms with Gasteiger partial charge in [-0.25, -0.2) is 9.78 Å². The summed E-state index contributed by atoms with van der Waals surface area (Å²) >= 11 is 5.95. The number of nitrogens with zero attached hydrogens (tertiary/aromatic N) is 2. The number of benzene rings is 1. The van der Waals surface area contributed by atoms with Crippen LogP contribution in [0.1, 0.15) is 32.1 Å². The van der Waals surface area contributed by atoms with Crippen LogP contribution in [0.4, 0.5) is 10.6 Å². The van der Waals surface area contributed by atoms with E-state index in [2.05, 4.69) is 15.3 Å². The van der Waals surface area contributed by atoms with Crippen LogP contribution in [0, 0.1) is 0 Å². The van der Waals surface area contributed by atoms with Gasteiger partial charge in [-0.3, -0.25) is 5.32 Å². The number of fused-ring (bicyclic) bond motifs is 1. The highest BCUT2D eigenvalue weighted by Gasteiger charge is 2.20. The predicted molar refractivity (Wildman–Crippen MR) is 95.9 cm³/mol. The topological polar surface area (TPSA) is 77.2 Å². The minimum Gasteiger partial charge on any atom is -0.455 e. The first-order valence-corrected chi connectivity index (χ1v) is 8.18. The Kier molecular flexibility index (Phi) is 4.63. The second-order valence-corrected chi connectivity index (χ2v) is 6.90. The van der Waals surface area contributed by atoms with Gasteiger partial charge in [0.2, 0.25) is 5.28 Å². The molecule has 0 unspecified atom stereocenters. The van der Waals surface area contributed by atoms with Crippen molar-refractivity contribution in [3.63, 3.8) is 0 Å². The van der Waals surface area contributed by atoms with E-state index < -0.39 is 11.7 Å². The number of ether oxygens (including phenoxy) is 1. The van der Waals surface area contributed by atoms with Gasteiger partial charge in [0.05, 0.1) is 0 Å². The van der Waals surface area contributed by atoms with E-state index in [1.165, 1.54) is 0 Å². The van der Waals surface area contributed by atoms with E-state index >= 15 is 0 Å². The average molecular weight is 360 g/mol. The van der Waals surface area contributed by atoms with Crippen LogP contribution in [-0.2, 0) is 11.2 Å². The number of amides is 1. The number of rotatable bonds is 3. The number of anilines is 1. The smallest absolute Gasteiger partial charge is 0.413 e. The fourth-order valence-electron chi connectivity index (χ4n) is 2.32. The van der Waals surface area contributed by atoms with Crippen LogP contribution in [0.25, 0.3) is 11.1 Å². The van der Waals surface area contributed by atoms with Gasteiger partial charge in [0, 0.05) is 12.5 Å². The highest BCUT2D eigenvalue weighted by molar-refractivity contribution is 6.28. The van der Waals surface area contributed by atoms with Crippen LogP contribution in [0.3, 0.4) is 0 Å². The van der Waals surface area contributed by atoms with E-state index in [0.29, 0.717) is 23.3 Å². The molecular formula is C18H18ClN3O3. The Balaban J connectivity index is 1.89. The zero-order valence-electron chi connectivity index (χ0n) is 14.2. The molecule has 1 N–H and O–H groups in total. The van der Waals surface area contributed by atoms with Gasteiger partial charge in [-0.1, -0.05) is 30.3 Å². The lowest BCUT2D eigenvalue weighted by Gasteiger charge is -2.19. The predicted octanol–water partition coefficient (Wildman–Crippen LogP) is 4.81. The Morgan fingerprint density at radius 3 is 2.64 bits per heavy atom. The van der Waals surface area contributed by atoms with E-state index in [1.54, 1.807) is 26.8 Å². The number of hydrogen-bond acceptors (Lipinski definition) is 5. The van der Waals surface area contributed by atoms with Crippen LogP contribution in [0.15, 0.2) is 40.8 Å². The second-order valence-electron chi connectivity index (χ2n) is 6.56. The fraction of sp³-hybridized carbons (Fsp3) is 0.278. The molecule has 1 amide bonds. The van der Waals surface area contributed by atoms with Crippen molar-refractivity contribution < 1.29 is 13.9 Å². The molecule has 3 aromatic rings. The first kappa shape index (κ1) is 17.2. The van der Waals surface area contributed by atoms with Gasteiger partial charge in [-0.15, -0.1) is 0 Å². The monoisotopic (exact) mass is 359 g/mol. The fourth-order valence-corrected chi connectivity index (χ4v) is 2.50. The first-order chi connectivity index (χ1) is 11.8. The molecule has 0 aliphatic carbocycles. The van der Waals surface area contributed by atoms with E-state index in [9.17, 15) is 4.79 Å². The molecule has 1 aromatic carbocycles. The van der Waals surface area contributed by atoms with Crippen molar-refractivity contribution >= 4 is 34.6 Å². The van der Waals surface area contributed by atoms with Crippen molar-refractivity contribution in [1.29, 1.82) is 0 Å². The number of nitrogens with one attached hydrogen (secondary N) is 1. The number of carbonyl (C=O) groups excluding carboxylic acids is 1. The van der Waals surface area contributed by atoms with Crippen molar-refractivity contribution in [2.24, 2.45) is 0 Å². The van der Waals surface area contributed by atoms with Crippen molar-refractivity contribution in [2.75, 3.05) is 5.32 Å². The summed E-state index contributed by atoms with van der Waals surface area (Å²) in [7, 11) is 0. The van der Waals surface area contributed by atoms with Crippen LogP contribution < -0.4 is 5.32 Å². The minimum atomic E-state index is -0.635. The molecular weight excluding hydrogens is 342 g/mol. The number of aromatic nitrogens is 2. The molecule has 7 heteroatoms. The summed E-state index contributed by atoms with van der Waals surface area (Å²) < 4.78 is 11.1. The maximum absolute atomic E-state index is 12.0. The molecule has 25 heavy (non-hydrogen) atoms. The van der Waals surface area contributed by atoms with Gasteiger partial charge in [-0.2, -0.15) is 4.98 Å². The lowest BCUT2D eigenvalue weighted by Crippen LogP contribution is -2.27. The van der Waals surface area contributed by atoms with Gasteiger partial charge in [-0.05, 0) is 37.9 Å². The van der Waals surface area contributed by atoms with Gasteiger partial charge in [0.15, 0.2) is 11.4 Å². The lowest BCUT2D eigenvalue weighted by atomic mass is 10.1. The van der Waals surface area contributed by atoms with Crippen LogP contribution in [0.2, 0.25) is 5.28 Å². The van der Waals surface area contributed by atoms with Crippen LogP contribution in [0.5, 0.6) is 0 Å². The van der Waals surface area contributed by atoms with Crippen molar-refractivity contribution in [1.82, 2.24) is 9.97 Å². The molecule has 130 valence electrons. The number of furan rings is 1. The third-order valence-electron chi connectivity index (χ3n) is 3.24. The molecule has 0 fully saturated rings. The quantitative estimate of drug-likeness (QED) is 0.679. The summed E-state index contributed by atoms with van der Waals surface area (Å²) in [5.41, 5.74) is 1.36. The maximum atomic E-state index is 12.0. The summed E-state index contributed by atoms with van der Waals surface area (Å²) in [6, 6.07) is 11.7. The zero-order valence-corrected chi connectivity index (χ0v) is 14.9. The van der Waals surface area contributed by atoms with E-state index in [1.807, 2.05) is 30.3 Å². The van der Waals surface area contributed by atoms with Crippen molar-refractivity contribution in [2.45, 2.75) is 32.8 Å². The van der Waals surface area contributed by atoms with E-state index in [-0.39, 0.29) is 11.1 Å². The maximum Gasteiger partial charge on any atom is 0.413 e. The van der Waals surface area contributed by atoms with E-state index in [4.69, 9.17) is 20.8 Å². The molecule has 2 heterocycles. The highest BCUT2D eigenvalue weighted by atomic mass is 35.5. The molecule has 0 aliphatic rings. The molecule has 0 saturated heterocycles. The molecule has 0 radical (unpaired) electrons. The lowest BCUT2D eigenvalue weighted by molar-refractivity contribution is 0.0635. The van der Waals surface area contributed by atoms with Gasteiger partial charge >= 0.3 is 6.09 Å². The Labute approximate surface area is 150 Å². The van der Waals surface area contributed by atoms with Gasteiger partial charge in [0.25, 0.3) is 0 Å². The Morgan fingerprint density at radius 2 is 1.96 bits per heavy atom. The molecule has 2 aromatic heterocycles. The zero-order chi connectivity index (χ0) is 18.0. The van der Waals surface area contributed by atoms with Crippen molar-refractivity contribution in [3.8, 4) is 0 Å². The molecule has 0 atom stereocenters. The van der Waals surface area contributed by atoms with Gasteiger partial charge < -0.3 is 9.15 Å². The number of hydrogen-bond donors (Lipinski definition) is 1. The number of halogens is 1. The summed E-state index contributed by atoms with van der Waals surface area (Å²) in [6.07, 6.45) is -0.0367. The SMILES string of the molecule is CC(C)(C)OC(=O)Nc1nc(Cl)nc2cc(Cc3ccccc3)oc12. The normalized spacial score (nSPS) is 11.5. The Hall–Kier alpha value is -2.60. The molecule has 0 aliphatic heterocycles. The van der Waals surface area contributed by atoms with Gasteiger partial charge in [0.1, 0.15) is 16.9 Å². The second kappa shape index (κ2) is 6.72.